The van der Waals surface area contributed by atoms with Crippen LogP contribution in [0.1, 0.15) is 50.4 Å². The molecule has 9 nitrogen and oxygen atoms in total. The number of carbonyl (C=O) groups excluding carboxylic acids is 4. The number of hydrogen-bond acceptors (Lipinski definition) is 8. The van der Waals surface area contributed by atoms with Gasteiger partial charge in [-0.05, 0) is 71.3 Å². The van der Waals surface area contributed by atoms with E-state index in [-0.39, 0.29) is 23.0 Å². The van der Waals surface area contributed by atoms with E-state index in [1.165, 1.54) is 21.1 Å². The lowest BCUT2D eigenvalue weighted by Gasteiger charge is -2.38. The molecule has 4 aromatic rings. The van der Waals surface area contributed by atoms with Crippen molar-refractivity contribution >= 4 is 35.2 Å². The first-order valence-corrected chi connectivity index (χ1v) is 14.8. The number of hydrogen-bond donors (Lipinski definition) is 1. The van der Waals surface area contributed by atoms with Crippen LogP contribution in [0.4, 0.5) is 5.69 Å². The van der Waals surface area contributed by atoms with Crippen molar-refractivity contribution in [2.75, 3.05) is 19.5 Å². The molecule has 0 aromatic heterocycles. The standard InChI is InChI=1S/C37H30N2O7/c1-21(40)46-25-15-12-23(13-16-25)34(42)32-31(33(41)24-14-17-29(44-2)30(20-24)45-3)37(27-10-6-7-11-28(27)38-36(37)43)35-26-9-5-4-8-22(26)18-19-39(32)35/h4-20,31-32,35H,1-3H3,(H,38,43)/t31-,32+,35+,37-/m0/s1. The Morgan fingerprint density at radius 3 is 2.24 bits per heavy atom. The number of carbonyl (C=O) groups is 4. The third kappa shape index (κ3) is 4.23. The number of methoxy groups -OCH3 is 2. The number of ketones is 2. The maximum Gasteiger partial charge on any atom is 0.308 e. The average molecular weight is 615 g/mol. The fourth-order valence-electron chi connectivity index (χ4n) is 7.36. The highest BCUT2D eigenvalue weighted by atomic mass is 16.5. The largest absolute Gasteiger partial charge is 0.493 e. The minimum atomic E-state index is -1.47. The van der Waals surface area contributed by atoms with Crippen LogP contribution in [0, 0.1) is 5.92 Å². The zero-order valence-electron chi connectivity index (χ0n) is 25.4. The summed E-state index contributed by atoms with van der Waals surface area (Å²) in [6.07, 6.45) is 3.73. The topological polar surface area (TPSA) is 111 Å². The van der Waals surface area contributed by atoms with Gasteiger partial charge in [0.25, 0.3) is 0 Å². The third-order valence-corrected chi connectivity index (χ3v) is 9.19. The van der Waals surface area contributed by atoms with Crippen LogP contribution >= 0.6 is 0 Å². The lowest BCUT2D eigenvalue weighted by molar-refractivity contribution is -0.131. The van der Waals surface area contributed by atoms with E-state index in [2.05, 4.69) is 5.32 Å². The summed E-state index contributed by atoms with van der Waals surface area (Å²) in [7, 11) is 2.99. The minimum absolute atomic E-state index is 0.277. The fraction of sp³-hybridized carbons (Fsp3) is 0.189. The molecule has 46 heavy (non-hydrogen) atoms. The summed E-state index contributed by atoms with van der Waals surface area (Å²) in [5.41, 5.74) is 2.10. The molecule has 1 saturated heterocycles. The first-order chi connectivity index (χ1) is 22.3. The first kappa shape index (κ1) is 29.0. The molecular weight excluding hydrogens is 584 g/mol. The van der Waals surface area contributed by atoms with Gasteiger partial charge in [-0.15, -0.1) is 0 Å². The number of rotatable bonds is 7. The number of esters is 1. The smallest absolute Gasteiger partial charge is 0.308 e. The van der Waals surface area contributed by atoms with E-state index in [4.69, 9.17) is 14.2 Å². The normalized spacial score (nSPS) is 22.0. The fourth-order valence-corrected chi connectivity index (χ4v) is 7.36. The first-order valence-electron chi connectivity index (χ1n) is 14.8. The molecule has 3 heterocycles. The number of amides is 1. The van der Waals surface area contributed by atoms with Gasteiger partial charge in [-0.1, -0.05) is 42.5 Å². The number of para-hydroxylation sites is 1. The van der Waals surface area contributed by atoms with Gasteiger partial charge in [0.15, 0.2) is 23.1 Å². The molecule has 4 atom stereocenters. The van der Waals surface area contributed by atoms with E-state index >= 15 is 4.79 Å². The van der Waals surface area contributed by atoms with Crippen LogP contribution in [-0.2, 0) is 15.0 Å². The number of benzene rings is 4. The number of nitrogens with zero attached hydrogens (tertiary/aromatic N) is 1. The Kier molecular flexibility index (Phi) is 6.96. The summed E-state index contributed by atoms with van der Waals surface area (Å²) < 4.78 is 16.1. The van der Waals surface area contributed by atoms with Crippen molar-refractivity contribution in [2.24, 2.45) is 5.92 Å². The molecule has 1 spiro atoms. The molecule has 9 heteroatoms. The van der Waals surface area contributed by atoms with Crippen LogP contribution < -0.4 is 19.5 Å². The minimum Gasteiger partial charge on any atom is -0.493 e. The lowest BCUT2D eigenvalue weighted by atomic mass is 9.62. The number of Topliss-reactive ketones (excluding diaryl/α,β-unsaturated/α-hetero) is 2. The van der Waals surface area contributed by atoms with Crippen molar-refractivity contribution in [2.45, 2.75) is 24.4 Å². The maximum atomic E-state index is 15.1. The Morgan fingerprint density at radius 2 is 1.50 bits per heavy atom. The van der Waals surface area contributed by atoms with Crippen molar-refractivity contribution in [1.82, 2.24) is 4.90 Å². The molecule has 1 fully saturated rings. The number of fused-ring (bicyclic) bond motifs is 6. The van der Waals surface area contributed by atoms with Crippen LogP contribution in [0.2, 0.25) is 0 Å². The van der Waals surface area contributed by atoms with Crippen LogP contribution in [0.15, 0.2) is 97.2 Å². The molecule has 0 unspecified atom stereocenters. The van der Waals surface area contributed by atoms with Crippen LogP contribution in [0.25, 0.3) is 6.08 Å². The third-order valence-electron chi connectivity index (χ3n) is 9.19. The predicted molar refractivity (Wildman–Crippen MR) is 170 cm³/mol. The van der Waals surface area contributed by atoms with Crippen molar-refractivity contribution in [3.63, 3.8) is 0 Å². The molecular formula is C37H30N2O7. The predicted octanol–water partition coefficient (Wildman–Crippen LogP) is 5.61. The van der Waals surface area contributed by atoms with Crippen LogP contribution in [-0.4, -0.2) is 48.6 Å². The van der Waals surface area contributed by atoms with Gasteiger partial charge in [-0.25, -0.2) is 0 Å². The van der Waals surface area contributed by atoms with Crippen molar-refractivity contribution < 1.29 is 33.4 Å². The molecule has 1 amide bonds. The molecule has 3 aliphatic heterocycles. The van der Waals surface area contributed by atoms with Gasteiger partial charge in [0, 0.05) is 29.9 Å². The van der Waals surface area contributed by atoms with Crippen LogP contribution in [0.3, 0.4) is 0 Å². The van der Waals surface area contributed by atoms with Crippen LogP contribution in [0.5, 0.6) is 17.2 Å². The van der Waals surface area contributed by atoms with E-state index in [1.54, 1.807) is 42.5 Å². The van der Waals surface area contributed by atoms with E-state index in [9.17, 15) is 14.4 Å². The highest BCUT2D eigenvalue weighted by Crippen LogP contribution is 2.62. The Bertz CT molecular complexity index is 1950. The van der Waals surface area contributed by atoms with Gasteiger partial charge in [0.2, 0.25) is 5.91 Å². The van der Waals surface area contributed by atoms with E-state index in [0.717, 1.165) is 11.1 Å². The Hall–Kier alpha value is -5.70. The van der Waals surface area contributed by atoms with E-state index in [1.807, 2.05) is 65.7 Å². The SMILES string of the molecule is COc1ccc(C(=O)[C@@H]2[C@H](C(=O)c3ccc(OC(C)=O)cc3)N3C=Cc4ccccc4[C@@H]3[C@@]23C(=O)Nc2ccccc23)cc1OC. The highest BCUT2D eigenvalue weighted by molar-refractivity contribution is 6.16. The molecule has 0 aliphatic carbocycles. The maximum absolute atomic E-state index is 15.1. The van der Waals surface area contributed by atoms with Gasteiger partial charge in [0.05, 0.1) is 26.2 Å². The van der Waals surface area contributed by atoms with Gasteiger partial charge < -0.3 is 24.4 Å². The number of ether oxygens (including phenoxy) is 3. The number of nitrogens with one attached hydrogen (secondary N) is 1. The van der Waals surface area contributed by atoms with Gasteiger partial charge in [-0.3, -0.25) is 19.2 Å². The second kappa shape index (κ2) is 11.0. The molecule has 1 N–H and O–H groups in total. The molecule has 4 aromatic carbocycles. The molecule has 230 valence electrons. The molecule has 3 aliphatic rings. The summed E-state index contributed by atoms with van der Waals surface area (Å²) in [6.45, 7) is 1.30. The van der Waals surface area contributed by atoms with Crippen molar-refractivity contribution in [3.8, 4) is 17.2 Å². The summed E-state index contributed by atoms with van der Waals surface area (Å²) >= 11 is 0. The van der Waals surface area contributed by atoms with Gasteiger partial charge in [-0.2, -0.15) is 0 Å². The summed E-state index contributed by atoms with van der Waals surface area (Å²) in [4.78, 5) is 57.8. The van der Waals surface area contributed by atoms with Gasteiger partial charge >= 0.3 is 5.97 Å². The van der Waals surface area contributed by atoms with Crippen molar-refractivity contribution in [1.29, 1.82) is 0 Å². The summed E-state index contributed by atoms with van der Waals surface area (Å²) in [5, 5.41) is 3.05. The highest BCUT2D eigenvalue weighted by Gasteiger charge is 2.70. The Balaban J connectivity index is 1.48. The molecule has 7 rings (SSSR count). The van der Waals surface area contributed by atoms with Crippen molar-refractivity contribution in [3.05, 3.63) is 125 Å². The summed E-state index contributed by atoms with van der Waals surface area (Å²) in [6, 6.07) is 24.4. The lowest BCUT2D eigenvalue weighted by Crippen LogP contribution is -2.49. The van der Waals surface area contributed by atoms with Gasteiger partial charge in [0.1, 0.15) is 17.2 Å². The Labute approximate surface area is 265 Å². The second-order valence-electron chi connectivity index (χ2n) is 11.5. The zero-order chi connectivity index (χ0) is 32.2. The van der Waals surface area contributed by atoms with E-state index in [0.29, 0.717) is 34.1 Å². The zero-order valence-corrected chi connectivity index (χ0v) is 25.4. The Morgan fingerprint density at radius 1 is 0.804 bits per heavy atom. The number of anilines is 1. The molecule has 0 bridgehead atoms. The average Bonchev–Trinajstić information content (AvgIpc) is 3.55. The van der Waals surface area contributed by atoms with E-state index < -0.39 is 29.4 Å². The monoisotopic (exact) mass is 614 g/mol. The quantitative estimate of drug-likeness (QED) is 0.163. The molecule has 0 saturated carbocycles. The second-order valence-corrected chi connectivity index (χ2v) is 11.5. The summed E-state index contributed by atoms with van der Waals surface area (Å²) in [5.74, 6) is -1.65. The molecule has 0 radical (unpaired) electrons.